The first kappa shape index (κ1) is 15.9. The Kier molecular flexibility index (Phi) is 13.8. The van der Waals surface area contributed by atoms with Gasteiger partial charge in [-0.3, -0.25) is 0 Å². The summed E-state index contributed by atoms with van der Waals surface area (Å²) in [6, 6.07) is 0. The van der Waals surface area contributed by atoms with Crippen LogP contribution in [-0.2, 0) is 9.59 Å². The van der Waals surface area contributed by atoms with Gasteiger partial charge in [0.05, 0.1) is 9.29 Å². The first-order valence-corrected chi connectivity index (χ1v) is 3.53. The van der Waals surface area contributed by atoms with E-state index in [1.807, 2.05) is 0 Å². The highest BCUT2D eigenvalue weighted by molar-refractivity contribution is 6.96. The van der Waals surface area contributed by atoms with Gasteiger partial charge < -0.3 is 20.5 Å². The Bertz CT molecular complexity index is 88.7. The minimum Gasteiger partial charge on any atom is -0.412 e. The molecule has 0 heterocycles. The average molecular weight is 150 g/mol. The van der Waals surface area contributed by atoms with Crippen molar-refractivity contribution in [2.24, 2.45) is 0 Å². The molecule has 0 saturated heterocycles. The fourth-order valence-electron chi connectivity index (χ4n) is 0.351. The summed E-state index contributed by atoms with van der Waals surface area (Å²) in [5.74, 6) is 0. The van der Waals surface area contributed by atoms with Gasteiger partial charge in [0.2, 0.25) is 0 Å². The molecule has 0 spiro atoms. The predicted octanol–water partition coefficient (Wildman–Crippen LogP) is -2.13. The molecule has 0 aromatic rings. The molecule has 4 nitrogen and oxygen atoms in total. The number of carbonyl (C=O) groups excluding carboxylic acids is 2. The molecule has 0 fully saturated rings. The maximum atomic E-state index is 10.1. The van der Waals surface area contributed by atoms with Gasteiger partial charge in [-0.05, 0) is 13.8 Å². The fourth-order valence-corrected chi connectivity index (χ4v) is 1.05. The maximum Gasteiger partial charge on any atom is 0.439 e. The van der Waals surface area contributed by atoms with Crippen LogP contribution in [0.2, 0.25) is 0 Å². The summed E-state index contributed by atoms with van der Waals surface area (Å²) in [5.41, 5.74) is 0. The van der Waals surface area contributed by atoms with Crippen molar-refractivity contribution in [1.82, 2.24) is 0 Å². The van der Waals surface area contributed by atoms with E-state index in [4.69, 9.17) is 0 Å². The highest BCUT2D eigenvalue weighted by Crippen LogP contribution is 1.65. The van der Waals surface area contributed by atoms with Gasteiger partial charge in [0, 0.05) is 0 Å². The zero-order valence-corrected chi connectivity index (χ0v) is 6.94. The Morgan fingerprint density at radius 2 is 1.22 bits per heavy atom. The second-order valence-electron chi connectivity index (χ2n) is 1.58. The van der Waals surface area contributed by atoms with Gasteiger partial charge in [0.15, 0.2) is 0 Å². The van der Waals surface area contributed by atoms with Gasteiger partial charge >= 0.3 is 15.2 Å². The van der Waals surface area contributed by atoms with Gasteiger partial charge in [-0.1, -0.05) is 0 Å². The summed E-state index contributed by atoms with van der Waals surface area (Å²) in [7, 11) is 0. The molecule has 0 aliphatic carbocycles. The molecule has 0 unspecified atom stereocenters. The molecule has 0 saturated carbocycles. The number of rotatable bonds is 2. The summed E-state index contributed by atoms with van der Waals surface area (Å²) in [6.45, 7) is 2.93. The van der Waals surface area contributed by atoms with E-state index in [-0.39, 0.29) is 20.2 Å². The molecule has 0 amide bonds. The molecule has 0 aliphatic rings. The van der Waals surface area contributed by atoms with Crippen LogP contribution in [0.25, 0.3) is 0 Å². The SMILES string of the molecule is C[C](=O)[AlH][C](C)=O.O.O. The predicted molar refractivity (Wildman–Crippen MR) is 35.7 cm³/mol. The molecule has 9 heavy (non-hydrogen) atoms. The quantitative estimate of drug-likeness (QED) is 0.420. The molecule has 0 radical (unpaired) electrons. The summed E-state index contributed by atoms with van der Waals surface area (Å²) >= 11 is -0.997. The topological polar surface area (TPSA) is 97.1 Å². The molecule has 0 atom stereocenters. The van der Waals surface area contributed by atoms with Gasteiger partial charge in [-0.25, -0.2) is 0 Å². The van der Waals surface area contributed by atoms with Crippen molar-refractivity contribution in [2.75, 3.05) is 0 Å². The minimum atomic E-state index is -0.997. The normalized spacial score (nSPS) is 6.00. The highest BCUT2D eigenvalue weighted by Gasteiger charge is 2.02. The molecule has 54 valence electrons. The number of hydrogen-bond acceptors (Lipinski definition) is 2. The zero-order valence-electron chi connectivity index (χ0n) is 5.52. The van der Waals surface area contributed by atoms with Crippen molar-refractivity contribution in [3.05, 3.63) is 0 Å². The molecular weight excluding hydrogens is 139 g/mol. The molecule has 0 aliphatic heterocycles. The third kappa shape index (κ3) is 18.2. The monoisotopic (exact) mass is 150 g/mol. The van der Waals surface area contributed by atoms with Crippen LogP contribution in [0.1, 0.15) is 13.8 Å². The standard InChI is InChI=1S/2C2H3O.Al.2H2O.H/c2*1-2-3;;;;/h2*1H3;;2*1H2;. The van der Waals surface area contributed by atoms with Crippen molar-refractivity contribution in [1.29, 1.82) is 0 Å². The van der Waals surface area contributed by atoms with Crippen molar-refractivity contribution in [2.45, 2.75) is 13.8 Å². The average Bonchev–Trinajstić information content (AvgIpc) is 1.27. The van der Waals surface area contributed by atoms with Crippen LogP contribution in [0.3, 0.4) is 0 Å². The smallest absolute Gasteiger partial charge is 0.412 e. The van der Waals surface area contributed by atoms with Crippen LogP contribution < -0.4 is 0 Å². The highest BCUT2D eigenvalue weighted by atomic mass is 27.1. The van der Waals surface area contributed by atoms with E-state index in [0.29, 0.717) is 0 Å². The Balaban J connectivity index is -0.000000180. The van der Waals surface area contributed by atoms with E-state index >= 15 is 0 Å². The molecular formula is C4H11AlO4. The minimum absolute atomic E-state index is 0. The van der Waals surface area contributed by atoms with Crippen molar-refractivity contribution in [3.63, 3.8) is 0 Å². The van der Waals surface area contributed by atoms with Gasteiger partial charge in [0.1, 0.15) is 0 Å². The van der Waals surface area contributed by atoms with Crippen LogP contribution in [0.5, 0.6) is 0 Å². The number of carbonyl (C=O) groups is 2. The van der Waals surface area contributed by atoms with Gasteiger partial charge in [-0.15, -0.1) is 0 Å². The lowest BCUT2D eigenvalue weighted by molar-refractivity contribution is -0.113. The second-order valence-corrected chi connectivity index (χ2v) is 3.93. The van der Waals surface area contributed by atoms with Crippen LogP contribution in [0.15, 0.2) is 0 Å². The zero-order chi connectivity index (χ0) is 5.86. The number of hydrogen-bond donors (Lipinski definition) is 0. The van der Waals surface area contributed by atoms with E-state index in [0.717, 1.165) is 0 Å². The lowest BCUT2D eigenvalue weighted by atomic mass is 10.9. The fraction of sp³-hybridized carbons (Fsp3) is 0.500. The van der Waals surface area contributed by atoms with Crippen LogP contribution >= 0.6 is 0 Å². The second kappa shape index (κ2) is 7.79. The lowest BCUT2D eigenvalue weighted by Crippen LogP contribution is -2.12. The largest absolute Gasteiger partial charge is 0.439 e. The molecule has 0 bridgehead atoms. The van der Waals surface area contributed by atoms with E-state index in [9.17, 15) is 9.59 Å². The molecule has 0 rings (SSSR count). The first-order chi connectivity index (χ1) is 3.13. The Morgan fingerprint density at radius 1 is 1.00 bits per heavy atom. The van der Waals surface area contributed by atoms with E-state index in [1.165, 1.54) is 13.8 Å². The summed E-state index contributed by atoms with van der Waals surface area (Å²) in [6.07, 6.45) is 0. The molecule has 0 aromatic carbocycles. The molecule has 5 heteroatoms. The first-order valence-electron chi connectivity index (χ1n) is 2.12. The van der Waals surface area contributed by atoms with E-state index < -0.39 is 15.2 Å². The summed E-state index contributed by atoms with van der Waals surface area (Å²) in [5, 5.41) is 0. The third-order valence-electron chi connectivity index (χ3n) is 0.498. The Labute approximate surface area is 59.6 Å². The molecule has 0 aromatic heterocycles. The van der Waals surface area contributed by atoms with Crippen molar-refractivity contribution in [3.8, 4) is 0 Å². The lowest BCUT2D eigenvalue weighted by Gasteiger charge is -1.77. The molecule has 4 N–H and O–H groups in total. The van der Waals surface area contributed by atoms with Crippen LogP contribution in [-0.4, -0.2) is 35.5 Å². The van der Waals surface area contributed by atoms with E-state index in [2.05, 4.69) is 0 Å². The van der Waals surface area contributed by atoms with Crippen molar-refractivity contribution < 1.29 is 20.5 Å². The van der Waals surface area contributed by atoms with Gasteiger partial charge in [-0.2, -0.15) is 0 Å². The van der Waals surface area contributed by atoms with E-state index in [1.54, 1.807) is 0 Å². The van der Waals surface area contributed by atoms with Crippen molar-refractivity contribution >= 4 is 24.5 Å². The summed E-state index contributed by atoms with van der Waals surface area (Å²) < 4.78 is 0.153. The van der Waals surface area contributed by atoms with Crippen LogP contribution in [0, 0.1) is 0 Å². The Morgan fingerprint density at radius 3 is 1.22 bits per heavy atom. The maximum absolute atomic E-state index is 10.1. The van der Waals surface area contributed by atoms with Gasteiger partial charge in [0.25, 0.3) is 0 Å². The third-order valence-corrected chi connectivity index (χ3v) is 1.49. The Hall–Kier alpha value is -0.208. The van der Waals surface area contributed by atoms with Crippen LogP contribution in [0.4, 0.5) is 0 Å². The summed E-state index contributed by atoms with van der Waals surface area (Å²) in [4.78, 5) is 20.2.